The van der Waals surface area contributed by atoms with Gasteiger partial charge in [-0.2, -0.15) is 0 Å². The second kappa shape index (κ2) is 4.62. The highest BCUT2D eigenvalue weighted by atomic mass is 127. The first-order chi connectivity index (χ1) is 5.52. The average Bonchev–Trinajstić information content (AvgIpc) is 1.82. The van der Waals surface area contributed by atoms with Crippen LogP contribution in [0.2, 0.25) is 0 Å². The van der Waals surface area contributed by atoms with Crippen LogP contribution < -0.4 is 0 Å². The normalized spacial score (nSPS) is 10.8. The molecular formula is C6H2F2I3N. The maximum absolute atomic E-state index is 12.4. The van der Waals surface area contributed by atoms with Gasteiger partial charge in [0.25, 0.3) is 6.43 Å². The lowest BCUT2D eigenvalue weighted by molar-refractivity contribution is 0.149. The third-order valence-corrected chi connectivity index (χ3v) is 3.42. The number of hydrogen-bond acceptors (Lipinski definition) is 1. The molecule has 66 valence electrons. The van der Waals surface area contributed by atoms with Crippen molar-refractivity contribution in [3.8, 4) is 0 Å². The van der Waals surface area contributed by atoms with Gasteiger partial charge in [-0.1, -0.05) is 0 Å². The molecule has 1 aromatic heterocycles. The van der Waals surface area contributed by atoms with Gasteiger partial charge in [-0.15, -0.1) is 0 Å². The van der Waals surface area contributed by atoms with E-state index in [-0.39, 0.29) is 5.56 Å². The SMILES string of the molecule is FC(F)c1c(I)cc(I)nc1I. The summed E-state index contributed by atoms with van der Waals surface area (Å²) in [5.41, 5.74) is 0.0385. The van der Waals surface area contributed by atoms with Gasteiger partial charge in [0.05, 0.1) is 5.56 Å². The largest absolute Gasteiger partial charge is 0.267 e. The minimum Gasteiger partial charge on any atom is -0.235 e. The molecule has 0 spiro atoms. The summed E-state index contributed by atoms with van der Waals surface area (Å²) in [6.07, 6.45) is -2.44. The van der Waals surface area contributed by atoms with E-state index in [1.165, 1.54) is 0 Å². The Labute approximate surface area is 109 Å². The first-order valence-electron chi connectivity index (χ1n) is 2.82. The van der Waals surface area contributed by atoms with Crippen molar-refractivity contribution in [1.82, 2.24) is 4.98 Å². The minimum absolute atomic E-state index is 0.0385. The number of halogens is 5. The number of nitrogens with zero attached hydrogens (tertiary/aromatic N) is 1. The fourth-order valence-corrected chi connectivity index (χ4v) is 4.36. The number of rotatable bonds is 1. The molecule has 6 heteroatoms. The van der Waals surface area contributed by atoms with Gasteiger partial charge in [0.15, 0.2) is 0 Å². The quantitative estimate of drug-likeness (QED) is 0.417. The van der Waals surface area contributed by atoms with E-state index in [9.17, 15) is 8.78 Å². The standard InChI is InChI=1S/C6H2F2I3N/c7-5(8)4-2(9)1-3(10)12-6(4)11/h1,5H. The summed E-state index contributed by atoms with van der Waals surface area (Å²) in [6.45, 7) is 0. The van der Waals surface area contributed by atoms with E-state index in [0.717, 1.165) is 3.70 Å². The van der Waals surface area contributed by atoms with Crippen LogP contribution in [0.25, 0.3) is 0 Å². The number of aromatic nitrogens is 1. The van der Waals surface area contributed by atoms with Crippen LogP contribution in [0.5, 0.6) is 0 Å². The Morgan fingerprint density at radius 3 is 2.25 bits per heavy atom. The van der Waals surface area contributed by atoms with Crippen molar-refractivity contribution in [2.75, 3.05) is 0 Å². The van der Waals surface area contributed by atoms with Crippen molar-refractivity contribution < 1.29 is 8.78 Å². The first-order valence-corrected chi connectivity index (χ1v) is 6.05. The summed E-state index contributed by atoms with van der Waals surface area (Å²) in [6, 6.07) is 1.64. The van der Waals surface area contributed by atoms with Crippen molar-refractivity contribution >= 4 is 67.8 Å². The Morgan fingerprint density at radius 2 is 1.83 bits per heavy atom. The van der Waals surface area contributed by atoms with Gasteiger partial charge in [0, 0.05) is 3.57 Å². The summed E-state index contributed by atoms with van der Waals surface area (Å²) in [5, 5.41) is 0. The van der Waals surface area contributed by atoms with Gasteiger partial charge in [0.2, 0.25) is 0 Å². The molecule has 0 unspecified atom stereocenters. The molecule has 1 rings (SSSR count). The molecule has 0 atom stereocenters. The molecule has 0 fully saturated rings. The Kier molecular flexibility index (Phi) is 4.34. The topological polar surface area (TPSA) is 12.9 Å². The molecule has 1 nitrogen and oxygen atoms in total. The van der Waals surface area contributed by atoms with Gasteiger partial charge in [-0.3, -0.25) is 0 Å². The summed E-state index contributed by atoms with van der Waals surface area (Å²) >= 11 is 5.73. The second-order valence-corrected chi connectivity index (χ2v) is 5.22. The van der Waals surface area contributed by atoms with E-state index in [0.29, 0.717) is 7.27 Å². The predicted molar refractivity (Wildman–Crippen MR) is 67.3 cm³/mol. The molecule has 12 heavy (non-hydrogen) atoms. The molecule has 0 N–H and O–H groups in total. The van der Waals surface area contributed by atoms with Crippen LogP contribution >= 0.6 is 67.8 Å². The molecule has 0 aliphatic carbocycles. The zero-order valence-corrected chi connectivity index (χ0v) is 12.0. The summed E-state index contributed by atoms with van der Waals surface area (Å²) in [5.74, 6) is 0. The third-order valence-electron chi connectivity index (χ3n) is 1.15. The molecule has 0 aromatic carbocycles. The maximum Gasteiger partial charge on any atom is 0.267 e. The molecule has 0 aliphatic rings. The van der Waals surface area contributed by atoms with Crippen LogP contribution in [-0.4, -0.2) is 4.98 Å². The van der Waals surface area contributed by atoms with Gasteiger partial charge >= 0.3 is 0 Å². The molecule has 0 saturated carbocycles. The maximum atomic E-state index is 12.4. The Morgan fingerprint density at radius 1 is 1.25 bits per heavy atom. The zero-order chi connectivity index (χ0) is 9.30. The van der Waals surface area contributed by atoms with Crippen LogP contribution in [-0.2, 0) is 0 Å². The summed E-state index contributed by atoms with van der Waals surface area (Å²) in [4.78, 5) is 3.94. The fraction of sp³-hybridized carbons (Fsp3) is 0.167. The van der Waals surface area contributed by atoms with Crippen molar-refractivity contribution in [2.45, 2.75) is 6.43 Å². The van der Waals surface area contributed by atoms with Gasteiger partial charge in [-0.05, 0) is 73.8 Å². The highest BCUT2D eigenvalue weighted by molar-refractivity contribution is 14.1. The van der Waals surface area contributed by atoms with Gasteiger partial charge < -0.3 is 0 Å². The van der Waals surface area contributed by atoms with E-state index in [1.807, 2.05) is 67.8 Å². The van der Waals surface area contributed by atoms with Crippen LogP contribution in [0.1, 0.15) is 12.0 Å². The van der Waals surface area contributed by atoms with Crippen LogP contribution in [0.4, 0.5) is 8.78 Å². The molecule has 0 bridgehead atoms. The third kappa shape index (κ3) is 2.59. The second-order valence-electron chi connectivity index (χ2n) is 1.93. The monoisotopic (exact) mass is 507 g/mol. The highest BCUT2D eigenvalue weighted by Crippen LogP contribution is 2.28. The molecule has 1 heterocycles. The van der Waals surface area contributed by atoms with Gasteiger partial charge in [0.1, 0.15) is 7.40 Å². The number of hydrogen-bond donors (Lipinski definition) is 0. The Hall–Kier alpha value is 1.20. The van der Waals surface area contributed by atoms with Crippen molar-refractivity contribution in [3.63, 3.8) is 0 Å². The Bertz CT molecular complexity index is 280. The lowest BCUT2D eigenvalue weighted by atomic mass is 10.3. The van der Waals surface area contributed by atoms with E-state index in [2.05, 4.69) is 4.98 Å². The van der Waals surface area contributed by atoms with Crippen molar-refractivity contribution in [3.05, 3.63) is 22.6 Å². The van der Waals surface area contributed by atoms with E-state index >= 15 is 0 Å². The average molecular weight is 507 g/mol. The molecule has 0 aliphatic heterocycles. The molecular weight excluding hydrogens is 505 g/mol. The van der Waals surface area contributed by atoms with E-state index in [4.69, 9.17) is 0 Å². The fourth-order valence-electron chi connectivity index (χ4n) is 0.661. The lowest BCUT2D eigenvalue weighted by Gasteiger charge is -2.05. The summed E-state index contributed by atoms with van der Waals surface area (Å²) < 4.78 is 26.4. The predicted octanol–water partition coefficient (Wildman–Crippen LogP) is 3.83. The minimum atomic E-state index is -2.44. The Balaban J connectivity index is 3.28. The van der Waals surface area contributed by atoms with Crippen molar-refractivity contribution in [1.29, 1.82) is 0 Å². The molecule has 1 aromatic rings. The zero-order valence-electron chi connectivity index (χ0n) is 5.49. The smallest absolute Gasteiger partial charge is 0.235 e. The van der Waals surface area contributed by atoms with Crippen LogP contribution in [0.15, 0.2) is 6.07 Å². The van der Waals surface area contributed by atoms with E-state index < -0.39 is 6.43 Å². The highest BCUT2D eigenvalue weighted by Gasteiger charge is 2.17. The first kappa shape index (κ1) is 11.3. The van der Waals surface area contributed by atoms with Crippen LogP contribution in [0, 0.1) is 11.0 Å². The number of pyridine rings is 1. The number of alkyl halides is 2. The van der Waals surface area contributed by atoms with E-state index in [1.54, 1.807) is 6.07 Å². The lowest BCUT2D eigenvalue weighted by Crippen LogP contribution is -1.98. The molecule has 0 amide bonds. The summed E-state index contributed by atoms with van der Waals surface area (Å²) in [7, 11) is 0. The molecule has 0 radical (unpaired) electrons. The molecule has 0 saturated heterocycles. The van der Waals surface area contributed by atoms with Crippen LogP contribution in [0.3, 0.4) is 0 Å². The van der Waals surface area contributed by atoms with Crippen molar-refractivity contribution in [2.24, 2.45) is 0 Å². The van der Waals surface area contributed by atoms with Gasteiger partial charge in [-0.25, -0.2) is 13.8 Å².